The van der Waals surface area contributed by atoms with Gasteiger partial charge in [0.1, 0.15) is 17.5 Å². The Morgan fingerprint density at radius 2 is 1.71 bits per heavy atom. The van der Waals surface area contributed by atoms with Crippen LogP contribution >= 0.6 is 0 Å². The molecule has 0 bridgehead atoms. The van der Waals surface area contributed by atoms with E-state index < -0.39 is 35.3 Å². The predicted molar refractivity (Wildman–Crippen MR) is 107 cm³/mol. The first-order valence-electron chi connectivity index (χ1n) is 9.85. The van der Waals surface area contributed by atoms with Gasteiger partial charge >= 0.3 is 5.97 Å². The number of aromatic carboxylic acids is 1. The van der Waals surface area contributed by atoms with E-state index in [4.69, 9.17) is 5.11 Å². The molecule has 0 radical (unpaired) electrons. The number of imide groups is 1. The smallest absolute Gasteiger partial charge is 0.337 e. The van der Waals surface area contributed by atoms with E-state index in [0.717, 1.165) is 0 Å². The minimum atomic E-state index is -1.05. The molecule has 2 aliphatic rings. The van der Waals surface area contributed by atoms with Gasteiger partial charge in [-0.2, -0.15) is 0 Å². The number of halogens is 2. The molecule has 4 rings (SSSR count). The summed E-state index contributed by atoms with van der Waals surface area (Å²) in [5.41, 5.74) is 0.166. The van der Waals surface area contributed by atoms with E-state index in [-0.39, 0.29) is 24.0 Å². The summed E-state index contributed by atoms with van der Waals surface area (Å²) in [6, 6.07) is 5.55. The number of piperidine rings is 1. The van der Waals surface area contributed by atoms with Crippen LogP contribution in [0.5, 0.6) is 0 Å². The Bertz CT molecular complexity index is 1010. The summed E-state index contributed by atoms with van der Waals surface area (Å²) in [6.45, 7) is 2.05. The monoisotopic (exact) mass is 430 g/mol. The first-order valence-corrected chi connectivity index (χ1v) is 9.85. The van der Waals surface area contributed by atoms with Gasteiger partial charge in [-0.3, -0.25) is 14.9 Å². The fourth-order valence-corrected chi connectivity index (χ4v) is 3.95. The molecule has 8 nitrogen and oxygen atoms in total. The highest BCUT2D eigenvalue weighted by Crippen LogP contribution is 2.32. The number of nitrogens with one attached hydrogen (secondary N) is 1. The molecular weight excluding hydrogens is 410 g/mol. The van der Waals surface area contributed by atoms with Crippen LogP contribution in [-0.2, 0) is 9.59 Å². The first-order chi connectivity index (χ1) is 14.8. The average Bonchev–Trinajstić information content (AvgIpc) is 2.75. The summed E-state index contributed by atoms with van der Waals surface area (Å²) >= 11 is 0. The average molecular weight is 430 g/mol. The van der Waals surface area contributed by atoms with Gasteiger partial charge in [-0.15, -0.1) is 0 Å². The minimum Gasteiger partial charge on any atom is -0.478 e. The number of carboxylic acid groups (broad SMARTS) is 1. The molecule has 0 spiro atoms. The van der Waals surface area contributed by atoms with Gasteiger partial charge < -0.3 is 14.9 Å². The third-order valence-corrected chi connectivity index (χ3v) is 5.62. The number of nitrogens with zero attached hydrogens (tertiary/aromatic N) is 3. The zero-order valence-corrected chi connectivity index (χ0v) is 16.5. The Kier molecular flexibility index (Phi) is 5.53. The van der Waals surface area contributed by atoms with Gasteiger partial charge in [0, 0.05) is 50.0 Å². The summed E-state index contributed by atoms with van der Waals surface area (Å²) in [4.78, 5) is 42.2. The fraction of sp³-hybridized carbons (Fsp3) is 0.333. The Morgan fingerprint density at radius 3 is 2.26 bits per heavy atom. The summed E-state index contributed by atoms with van der Waals surface area (Å²) in [7, 11) is 0. The molecule has 2 fully saturated rings. The van der Waals surface area contributed by atoms with E-state index in [2.05, 4.69) is 10.3 Å². The first kappa shape index (κ1) is 20.7. The number of amides is 2. The molecule has 2 aromatic rings. The van der Waals surface area contributed by atoms with Crippen LogP contribution in [0.2, 0.25) is 0 Å². The highest BCUT2D eigenvalue weighted by Gasteiger charge is 2.33. The Labute approximate surface area is 176 Å². The number of piperazine rings is 1. The molecule has 1 aromatic heterocycles. The second-order valence-electron chi connectivity index (χ2n) is 7.51. The summed E-state index contributed by atoms with van der Waals surface area (Å²) in [6.07, 6.45) is 1.41. The van der Waals surface area contributed by atoms with E-state index in [1.165, 1.54) is 24.4 Å². The van der Waals surface area contributed by atoms with E-state index in [0.29, 0.717) is 37.7 Å². The van der Waals surface area contributed by atoms with Gasteiger partial charge in [0.15, 0.2) is 0 Å². The molecule has 31 heavy (non-hydrogen) atoms. The van der Waals surface area contributed by atoms with Crippen LogP contribution in [0.1, 0.15) is 34.7 Å². The van der Waals surface area contributed by atoms with Crippen molar-refractivity contribution in [1.29, 1.82) is 0 Å². The van der Waals surface area contributed by atoms with Crippen LogP contribution in [0, 0.1) is 11.6 Å². The summed E-state index contributed by atoms with van der Waals surface area (Å²) in [5.74, 6) is -4.18. The van der Waals surface area contributed by atoms with Crippen molar-refractivity contribution in [1.82, 2.24) is 10.3 Å². The molecule has 10 heteroatoms. The van der Waals surface area contributed by atoms with Crippen molar-refractivity contribution in [3.05, 3.63) is 53.2 Å². The van der Waals surface area contributed by atoms with Gasteiger partial charge in [-0.05, 0) is 30.7 Å². The maximum atomic E-state index is 14.8. The molecule has 1 unspecified atom stereocenters. The van der Waals surface area contributed by atoms with Crippen molar-refractivity contribution in [3.8, 4) is 0 Å². The quantitative estimate of drug-likeness (QED) is 0.715. The van der Waals surface area contributed by atoms with E-state index in [1.54, 1.807) is 6.07 Å². The van der Waals surface area contributed by atoms with E-state index in [9.17, 15) is 23.2 Å². The molecule has 2 amide bonds. The third-order valence-electron chi connectivity index (χ3n) is 5.62. The Balaban J connectivity index is 1.46. The van der Waals surface area contributed by atoms with Gasteiger partial charge in [0.2, 0.25) is 11.8 Å². The van der Waals surface area contributed by atoms with Crippen molar-refractivity contribution in [2.75, 3.05) is 36.0 Å². The standard InChI is InChI=1S/C21H20F2N4O4/c22-15-9-13(10-16(23)19(15)14-2-4-18(28)25-20(14)29)26-5-7-27(8-6-26)17-3-1-12(11-24-17)21(30)31/h1,3,9-11,14H,2,4-8H2,(H,30,31)(H,25,28,29). The number of carbonyl (C=O) groups excluding carboxylic acids is 2. The number of rotatable bonds is 4. The zero-order chi connectivity index (χ0) is 22.1. The van der Waals surface area contributed by atoms with Crippen LogP contribution in [0.25, 0.3) is 0 Å². The van der Waals surface area contributed by atoms with Crippen LogP contribution < -0.4 is 15.1 Å². The van der Waals surface area contributed by atoms with Crippen LogP contribution in [0.3, 0.4) is 0 Å². The molecule has 0 saturated carbocycles. The summed E-state index contributed by atoms with van der Waals surface area (Å²) in [5, 5.41) is 11.1. The van der Waals surface area contributed by atoms with E-state index >= 15 is 0 Å². The van der Waals surface area contributed by atoms with Crippen molar-refractivity contribution >= 4 is 29.3 Å². The van der Waals surface area contributed by atoms with Gasteiger partial charge in [0.05, 0.1) is 11.5 Å². The van der Waals surface area contributed by atoms with Crippen molar-refractivity contribution in [2.24, 2.45) is 0 Å². The molecule has 3 heterocycles. The lowest BCUT2D eigenvalue weighted by atomic mass is 9.89. The number of carbonyl (C=O) groups is 3. The molecule has 1 aromatic carbocycles. The van der Waals surface area contributed by atoms with Crippen LogP contribution in [0.4, 0.5) is 20.3 Å². The Hall–Kier alpha value is -3.56. The van der Waals surface area contributed by atoms with Crippen LogP contribution in [0.15, 0.2) is 30.5 Å². The molecule has 2 aliphatic heterocycles. The second-order valence-corrected chi connectivity index (χ2v) is 7.51. The molecule has 1 atom stereocenters. The lowest BCUT2D eigenvalue weighted by Crippen LogP contribution is -2.47. The predicted octanol–water partition coefficient (Wildman–Crippen LogP) is 1.90. The minimum absolute atomic E-state index is 0.0421. The number of carboxylic acids is 1. The normalized spacial score (nSPS) is 19.4. The third kappa shape index (κ3) is 4.18. The Morgan fingerprint density at radius 1 is 1.06 bits per heavy atom. The van der Waals surface area contributed by atoms with Gasteiger partial charge in [-0.25, -0.2) is 18.6 Å². The lowest BCUT2D eigenvalue weighted by molar-refractivity contribution is -0.134. The highest BCUT2D eigenvalue weighted by atomic mass is 19.1. The highest BCUT2D eigenvalue weighted by molar-refractivity contribution is 6.01. The SMILES string of the molecule is O=C1CCC(c2c(F)cc(N3CCN(c4ccc(C(=O)O)cn4)CC3)cc2F)C(=O)N1. The molecule has 162 valence electrons. The van der Waals surface area contributed by atoms with Gasteiger partial charge in [0.25, 0.3) is 0 Å². The van der Waals surface area contributed by atoms with Crippen LogP contribution in [-0.4, -0.2) is 54.1 Å². The van der Waals surface area contributed by atoms with Gasteiger partial charge in [-0.1, -0.05) is 0 Å². The van der Waals surface area contributed by atoms with Crippen molar-refractivity contribution in [3.63, 3.8) is 0 Å². The fourth-order valence-electron chi connectivity index (χ4n) is 3.95. The number of hydrogen-bond acceptors (Lipinski definition) is 6. The number of hydrogen-bond donors (Lipinski definition) is 2. The molecule has 0 aliphatic carbocycles. The van der Waals surface area contributed by atoms with E-state index in [1.807, 2.05) is 9.80 Å². The number of pyridine rings is 1. The zero-order valence-electron chi connectivity index (χ0n) is 16.5. The lowest BCUT2D eigenvalue weighted by Gasteiger charge is -2.37. The molecular formula is C21H20F2N4O4. The van der Waals surface area contributed by atoms with Crippen molar-refractivity contribution < 1.29 is 28.3 Å². The molecule has 2 saturated heterocycles. The second kappa shape index (κ2) is 8.29. The largest absolute Gasteiger partial charge is 0.478 e. The maximum Gasteiger partial charge on any atom is 0.337 e. The molecule has 2 N–H and O–H groups in total. The topological polar surface area (TPSA) is 103 Å². The van der Waals surface area contributed by atoms with Crippen molar-refractivity contribution in [2.45, 2.75) is 18.8 Å². The number of anilines is 2. The maximum absolute atomic E-state index is 14.8. The number of aromatic nitrogens is 1. The number of benzene rings is 1. The summed E-state index contributed by atoms with van der Waals surface area (Å²) < 4.78 is 29.5.